The van der Waals surface area contributed by atoms with Crippen LogP contribution in [0.4, 0.5) is 0 Å². The van der Waals surface area contributed by atoms with Crippen LogP contribution in [0.2, 0.25) is 0 Å². The van der Waals surface area contributed by atoms with Crippen LogP contribution in [0.5, 0.6) is 0 Å². The second-order valence-electron chi connectivity index (χ2n) is 5.96. The van der Waals surface area contributed by atoms with Gasteiger partial charge in [-0.25, -0.2) is 0 Å². The van der Waals surface area contributed by atoms with Crippen molar-refractivity contribution in [2.75, 3.05) is 19.6 Å². The first-order valence-corrected chi connectivity index (χ1v) is 7.85. The van der Waals surface area contributed by atoms with Gasteiger partial charge < -0.3 is 5.32 Å². The Morgan fingerprint density at radius 3 is 3.14 bits per heavy atom. The zero-order chi connectivity index (χ0) is 15.1. The highest BCUT2D eigenvalue weighted by atomic mass is 16.1. The SMILES string of the molecule is C=Cc1cccc(CN2CCC[C@@H](CCNC(C)=O)C2)c1. The lowest BCUT2D eigenvalue weighted by Gasteiger charge is -2.32. The summed E-state index contributed by atoms with van der Waals surface area (Å²) in [7, 11) is 0. The first kappa shape index (κ1) is 15.8. The van der Waals surface area contributed by atoms with Crippen molar-refractivity contribution >= 4 is 12.0 Å². The molecular weight excluding hydrogens is 260 g/mol. The largest absolute Gasteiger partial charge is 0.356 e. The zero-order valence-corrected chi connectivity index (χ0v) is 13.0. The molecule has 1 saturated heterocycles. The second kappa shape index (κ2) is 7.99. The maximum Gasteiger partial charge on any atom is 0.216 e. The predicted octanol–water partition coefficient (Wildman–Crippen LogP) is 3.07. The number of benzene rings is 1. The summed E-state index contributed by atoms with van der Waals surface area (Å²) >= 11 is 0. The Labute approximate surface area is 128 Å². The first-order chi connectivity index (χ1) is 10.2. The number of likely N-dealkylation sites (tertiary alicyclic amines) is 1. The van der Waals surface area contributed by atoms with E-state index in [1.807, 2.05) is 6.08 Å². The minimum absolute atomic E-state index is 0.0731. The summed E-state index contributed by atoms with van der Waals surface area (Å²) in [6, 6.07) is 8.59. The number of rotatable bonds is 6. The smallest absolute Gasteiger partial charge is 0.216 e. The molecule has 1 N–H and O–H groups in total. The molecule has 1 amide bonds. The van der Waals surface area contributed by atoms with Gasteiger partial charge in [0.05, 0.1) is 0 Å². The lowest BCUT2D eigenvalue weighted by atomic mass is 9.94. The van der Waals surface area contributed by atoms with Gasteiger partial charge in [-0.05, 0) is 42.9 Å². The molecule has 0 aromatic heterocycles. The second-order valence-corrected chi connectivity index (χ2v) is 5.96. The number of nitrogens with one attached hydrogen (secondary N) is 1. The lowest BCUT2D eigenvalue weighted by molar-refractivity contribution is -0.119. The maximum atomic E-state index is 10.9. The highest BCUT2D eigenvalue weighted by Gasteiger charge is 2.19. The van der Waals surface area contributed by atoms with Gasteiger partial charge in [-0.15, -0.1) is 0 Å². The topological polar surface area (TPSA) is 32.3 Å². The van der Waals surface area contributed by atoms with E-state index in [0.717, 1.165) is 26.1 Å². The Morgan fingerprint density at radius 1 is 1.52 bits per heavy atom. The third-order valence-electron chi connectivity index (χ3n) is 4.12. The number of carbonyl (C=O) groups excluding carboxylic acids is 1. The number of carbonyl (C=O) groups is 1. The standard InChI is InChI=1S/C18H26N2O/c1-3-16-6-4-7-18(12-16)14-20-11-5-8-17(13-20)9-10-19-15(2)21/h3-4,6-7,12,17H,1,5,8-11,13-14H2,2H3,(H,19,21)/t17-/m0/s1. The van der Waals surface area contributed by atoms with Gasteiger partial charge in [0.1, 0.15) is 0 Å². The molecule has 0 radical (unpaired) electrons. The summed E-state index contributed by atoms with van der Waals surface area (Å²) in [5, 5.41) is 2.90. The molecule has 0 saturated carbocycles. The quantitative estimate of drug-likeness (QED) is 0.871. The van der Waals surface area contributed by atoms with Crippen LogP contribution >= 0.6 is 0 Å². The number of amides is 1. The van der Waals surface area contributed by atoms with Gasteiger partial charge >= 0.3 is 0 Å². The molecule has 2 rings (SSSR count). The average Bonchev–Trinajstić information content (AvgIpc) is 2.47. The fraction of sp³-hybridized carbons (Fsp3) is 0.500. The van der Waals surface area contributed by atoms with Crippen molar-refractivity contribution in [1.29, 1.82) is 0 Å². The van der Waals surface area contributed by atoms with Crippen LogP contribution in [0, 0.1) is 5.92 Å². The molecule has 1 fully saturated rings. The van der Waals surface area contributed by atoms with Crippen molar-refractivity contribution in [3.05, 3.63) is 42.0 Å². The van der Waals surface area contributed by atoms with Crippen LogP contribution in [0.25, 0.3) is 6.08 Å². The van der Waals surface area contributed by atoms with Crippen LogP contribution in [0.15, 0.2) is 30.8 Å². The minimum Gasteiger partial charge on any atom is -0.356 e. The summed E-state index contributed by atoms with van der Waals surface area (Å²) in [4.78, 5) is 13.5. The van der Waals surface area contributed by atoms with E-state index in [1.54, 1.807) is 6.92 Å². The minimum atomic E-state index is 0.0731. The molecule has 1 atom stereocenters. The molecule has 0 bridgehead atoms. The molecular formula is C18H26N2O. The Hall–Kier alpha value is -1.61. The number of piperidine rings is 1. The van der Waals surface area contributed by atoms with Crippen LogP contribution in [-0.4, -0.2) is 30.4 Å². The number of nitrogens with zero attached hydrogens (tertiary/aromatic N) is 1. The molecule has 1 aliphatic rings. The van der Waals surface area contributed by atoms with E-state index in [9.17, 15) is 4.79 Å². The molecule has 0 spiro atoms. The zero-order valence-electron chi connectivity index (χ0n) is 13.0. The summed E-state index contributed by atoms with van der Waals surface area (Å²) in [6.45, 7) is 9.54. The van der Waals surface area contributed by atoms with E-state index in [-0.39, 0.29) is 5.91 Å². The maximum absolute atomic E-state index is 10.9. The molecule has 1 heterocycles. The van der Waals surface area contributed by atoms with Crippen molar-refractivity contribution in [2.24, 2.45) is 5.92 Å². The van der Waals surface area contributed by atoms with Crippen LogP contribution in [-0.2, 0) is 11.3 Å². The molecule has 0 unspecified atom stereocenters. The van der Waals surface area contributed by atoms with E-state index in [0.29, 0.717) is 5.92 Å². The molecule has 21 heavy (non-hydrogen) atoms. The monoisotopic (exact) mass is 286 g/mol. The van der Waals surface area contributed by atoms with E-state index in [2.05, 4.69) is 41.1 Å². The highest BCUT2D eigenvalue weighted by molar-refractivity contribution is 5.72. The van der Waals surface area contributed by atoms with E-state index < -0.39 is 0 Å². The van der Waals surface area contributed by atoms with E-state index >= 15 is 0 Å². The van der Waals surface area contributed by atoms with Crippen LogP contribution in [0.1, 0.15) is 37.3 Å². The molecule has 3 heteroatoms. The van der Waals surface area contributed by atoms with Gasteiger partial charge in [-0.2, -0.15) is 0 Å². The van der Waals surface area contributed by atoms with Crippen LogP contribution in [0.3, 0.4) is 0 Å². The van der Waals surface area contributed by atoms with Gasteiger partial charge in [0.2, 0.25) is 5.91 Å². The summed E-state index contributed by atoms with van der Waals surface area (Å²) in [6.07, 6.45) is 5.52. The van der Waals surface area contributed by atoms with Crippen molar-refractivity contribution in [2.45, 2.75) is 32.7 Å². The van der Waals surface area contributed by atoms with E-state index in [4.69, 9.17) is 0 Å². The third-order valence-corrected chi connectivity index (χ3v) is 4.12. The summed E-state index contributed by atoms with van der Waals surface area (Å²) < 4.78 is 0. The third kappa shape index (κ3) is 5.35. The normalized spacial score (nSPS) is 19.2. The van der Waals surface area contributed by atoms with Crippen molar-refractivity contribution < 1.29 is 4.79 Å². The molecule has 114 valence electrons. The van der Waals surface area contributed by atoms with Gasteiger partial charge in [0.25, 0.3) is 0 Å². The molecule has 3 nitrogen and oxygen atoms in total. The van der Waals surface area contributed by atoms with E-state index in [1.165, 1.54) is 30.5 Å². The van der Waals surface area contributed by atoms with Crippen molar-refractivity contribution in [3.8, 4) is 0 Å². The summed E-state index contributed by atoms with van der Waals surface area (Å²) in [5.74, 6) is 0.775. The molecule has 0 aliphatic carbocycles. The Bertz CT molecular complexity index is 484. The first-order valence-electron chi connectivity index (χ1n) is 7.85. The number of hydrogen-bond acceptors (Lipinski definition) is 2. The molecule has 1 aliphatic heterocycles. The Morgan fingerprint density at radius 2 is 2.38 bits per heavy atom. The van der Waals surface area contributed by atoms with Gasteiger partial charge in [0, 0.05) is 26.6 Å². The summed E-state index contributed by atoms with van der Waals surface area (Å²) in [5.41, 5.74) is 2.54. The Kier molecular flexibility index (Phi) is 6.00. The van der Waals surface area contributed by atoms with Crippen LogP contribution < -0.4 is 5.32 Å². The highest BCUT2D eigenvalue weighted by Crippen LogP contribution is 2.21. The molecule has 1 aromatic carbocycles. The van der Waals surface area contributed by atoms with Gasteiger partial charge in [-0.1, -0.05) is 36.9 Å². The van der Waals surface area contributed by atoms with Crippen molar-refractivity contribution in [3.63, 3.8) is 0 Å². The van der Waals surface area contributed by atoms with Crippen molar-refractivity contribution in [1.82, 2.24) is 10.2 Å². The number of hydrogen-bond donors (Lipinski definition) is 1. The average molecular weight is 286 g/mol. The lowest BCUT2D eigenvalue weighted by Crippen LogP contribution is -2.36. The predicted molar refractivity (Wildman–Crippen MR) is 87.8 cm³/mol. The van der Waals surface area contributed by atoms with Gasteiger partial charge in [-0.3, -0.25) is 9.69 Å². The fourth-order valence-electron chi connectivity index (χ4n) is 3.06. The fourth-order valence-corrected chi connectivity index (χ4v) is 3.06. The molecule has 1 aromatic rings. The van der Waals surface area contributed by atoms with Gasteiger partial charge in [0.15, 0.2) is 0 Å². The Balaban J connectivity index is 1.83.